The molecule has 0 heterocycles. The molecule has 0 fully saturated rings. The predicted octanol–water partition coefficient (Wildman–Crippen LogP) is 2.74. The zero-order valence-electron chi connectivity index (χ0n) is 8.05. The average molecular weight is 235 g/mol. The van der Waals surface area contributed by atoms with Crippen LogP contribution >= 0.6 is 0 Å². The summed E-state index contributed by atoms with van der Waals surface area (Å²) in [5.74, 6) is -2.25. The fourth-order valence-corrected chi connectivity index (χ4v) is 1.28. The van der Waals surface area contributed by atoms with Gasteiger partial charge in [0, 0.05) is 5.56 Å². The van der Waals surface area contributed by atoms with Crippen LogP contribution in [0, 0.1) is 5.82 Å². The summed E-state index contributed by atoms with van der Waals surface area (Å²) in [6.07, 6.45) is -3.72. The minimum Gasteiger partial charge on any atom is -0.505 e. The second-order valence-electron chi connectivity index (χ2n) is 3.12. The van der Waals surface area contributed by atoms with Crippen LogP contribution < -0.4 is 5.73 Å². The first-order valence-electron chi connectivity index (χ1n) is 4.25. The Morgan fingerprint density at radius 2 is 1.94 bits per heavy atom. The highest BCUT2D eigenvalue weighted by molar-refractivity contribution is 5.45. The molecular weight excluding hydrogens is 226 g/mol. The van der Waals surface area contributed by atoms with Crippen molar-refractivity contribution in [1.29, 1.82) is 0 Å². The summed E-state index contributed by atoms with van der Waals surface area (Å²) in [6.45, 7) is 3.21. The molecule has 6 heteroatoms. The summed E-state index contributed by atoms with van der Waals surface area (Å²) in [4.78, 5) is 0. The van der Waals surface area contributed by atoms with Crippen LogP contribution in [0.1, 0.15) is 17.2 Å². The van der Waals surface area contributed by atoms with Gasteiger partial charge in [-0.25, -0.2) is 4.39 Å². The van der Waals surface area contributed by atoms with Crippen LogP contribution in [0.15, 0.2) is 24.8 Å². The van der Waals surface area contributed by atoms with E-state index in [4.69, 9.17) is 5.73 Å². The van der Waals surface area contributed by atoms with Gasteiger partial charge in [-0.05, 0) is 12.1 Å². The average Bonchev–Trinajstić information content (AvgIpc) is 2.19. The van der Waals surface area contributed by atoms with E-state index in [1.807, 2.05) is 0 Å². The number of aromatic hydroxyl groups is 1. The maximum atomic E-state index is 12.9. The number of phenols is 1. The molecule has 1 aromatic carbocycles. The topological polar surface area (TPSA) is 46.2 Å². The van der Waals surface area contributed by atoms with Gasteiger partial charge in [0.25, 0.3) is 0 Å². The Morgan fingerprint density at radius 3 is 2.38 bits per heavy atom. The van der Waals surface area contributed by atoms with Gasteiger partial charge >= 0.3 is 6.18 Å². The minimum atomic E-state index is -4.71. The van der Waals surface area contributed by atoms with Gasteiger partial charge in [0.15, 0.2) is 11.6 Å². The fourth-order valence-electron chi connectivity index (χ4n) is 1.28. The SMILES string of the molecule is C=C[C@H](N)c1c(C(F)(F)F)ccc(F)c1O. The third-order valence-electron chi connectivity index (χ3n) is 2.06. The van der Waals surface area contributed by atoms with Gasteiger partial charge in [-0.15, -0.1) is 6.58 Å². The van der Waals surface area contributed by atoms with Crippen LogP contribution in [0.25, 0.3) is 0 Å². The summed E-state index contributed by atoms with van der Waals surface area (Å²) in [7, 11) is 0. The first-order valence-corrected chi connectivity index (χ1v) is 4.25. The molecule has 0 aliphatic heterocycles. The molecule has 0 saturated heterocycles. The second kappa shape index (κ2) is 4.13. The molecule has 2 nitrogen and oxygen atoms in total. The maximum absolute atomic E-state index is 12.9. The lowest BCUT2D eigenvalue weighted by molar-refractivity contribution is -0.138. The third-order valence-corrected chi connectivity index (χ3v) is 2.06. The fraction of sp³-hybridized carbons (Fsp3) is 0.200. The molecule has 0 unspecified atom stereocenters. The highest BCUT2D eigenvalue weighted by Gasteiger charge is 2.36. The van der Waals surface area contributed by atoms with Crippen molar-refractivity contribution in [3.8, 4) is 5.75 Å². The normalized spacial score (nSPS) is 13.6. The third kappa shape index (κ3) is 2.16. The quantitative estimate of drug-likeness (QED) is 0.611. The van der Waals surface area contributed by atoms with E-state index in [1.165, 1.54) is 0 Å². The molecule has 88 valence electrons. The summed E-state index contributed by atoms with van der Waals surface area (Å²) in [6, 6.07) is -0.210. The van der Waals surface area contributed by atoms with E-state index < -0.39 is 34.9 Å². The molecule has 1 rings (SSSR count). The molecule has 16 heavy (non-hydrogen) atoms. The second-order valence-corrected chi connectivity index (χ2v) is 3.12. The van der Waals surface area contributed by atoms with Gasteiger partial charge in [-0.1, -0.05) is 6.08 Å². The smallest absolute Gasteiger partial charge is 0.416 e. The maximum Gasteiger partial charge on any atom is 0.416 e. The van der Waals surface area contributed by atoms with E-state index in [2.05, 4.69) is 6.58 Å². The van der Waals surface area contributed by atoms with E-state index in [1.54, 1.807) is 0 Å². The summed E-state index contributed by atoms with van der Waals surface area (Å²) in [5.41, 5.74) is 3.44. The molecule has 0 aromatic heterocycles. The predicted molar refractivity (Wildman–Crippen MR) is 50.2 cm³/mol. The highest BCUT2D eigenvalue weighted by Crippen LogP contribution is 2.39. The van der Waals surface area contributed by atoms with Crippen molar-refractivity contribution in [2.75, 3.05) is 0 Å². The molecule has 0 radical (unpaired) electrons. The Kier molecular flexibility index (Phi) is 3.23. The molecule has 3 N–H and O–H groups in total. The Bertz CT molecular complexity index is 414. The zero-order valence-corrected chi connectivity index (χ0v) is 8.05. The van der Waals surface area contributed by atoms with E-state index in [-0.39, 0.29) is 0 Å². The molecule has 1 atom stereocenters. The van der Waals surface area contributed by atoms with Crippen LogP contribution in [0.2, 0.25) is 0 Å². The first-order chi connectivity index (χ1) is 7.29. The van der Waals surface area contributed by atoms with Gasteiger partial charge in [0.05, 0.1) is 11.6 Å². The summed E-state index contributed by atoms with van der Waals surface area (Å²) < 4.78 is 50.5. The highest BCUT2D eigenvalue weighted by atomic mass is 19.4. The van der Waals surface area contributed by atoms with E-state index >= 15 is 0 Å². The van der Waals surface area contributed by atoms with Crippen LogP contribution in [0.4, 0.5) is 17.6 Å². The monoisotopic (exact) mass is 235 g/mol. The standard InChI is InChI=1S/C10H9F4NO/c1-2-7(15)8-5(10(12,13)14)3-4-6(11)9(8)16/h2-4,7,16H,1,15H2/t7-/m0/s1. The Hall–Kier alpha value is -1.56. The largest absolute Gasteiger partial charge is 0.505 e. The minimum absolute atomic E-state index is 0.535. The van der Waals surface area contributed by atoms with Crippen molar-refractivity contribution >= 4 is 0 Å². The van der Waals surface area contributed by atoms with Gasteiger partial charge in [-0.3, -0.25) is 0 Å². The lowest BCUT2D eigenvalue weighted by Crippen LogP contribution is -2.16. The summed E-state index contributed by atoms with van der Waals surface area (Å²) in [5, 5.41) is 9.24. The number of hydrogen-bond donors (Lipinski definition) is 2. The molecule has 0 amide bonds. The van der Waals surface area contributed by atoms with Gasteiger partial charge < -0.3 is 10.8 Å². The number of halogens is 4. The first kappa shape index (κ1) is 12.5. The zero-order chi connectivity index (χ0) is 12.5. The number of hydrogen-bond acceptors (Lipinski definition) is 2. The van der Waals surface area contributed by atoms with Crippen LogP contribution in [0.5, 0.6) is 5.75 Å². The number of nitrogens with two attached hydrogens (primary N) is 1. The molecule has 0 bridgehead atoms. The van der Waals surface area contributed by atoms with E-state index in [9.17, 15) is 22.7 Å². The summed E-state index contributed by atoms with van der Waals surface area (Å²) >= 11 is 0. The Balaban J connectivity index is 3.51. The Labute approximate surface area is 89.0 Å². The van der Waals surface area contributed by atoms with Gasteiger partial charge in [0.2, 0.25) is 0 Å². The van der Waals surface area contributed by atoms with Crippen molar-refractivity contribution in [2.24, 2.45) is 5.73 Å². The van der Waals surface area contributed by atoms with Crippen LogP contribution in [-0.2, 0) is 6.18 Å². The molecule has 1 aromatic rings. The number of alkyl halides is 3. The van der Waals surface area contributed by atoms with E-state index in [0.29, 0.717) is 12.1 Å². The number of benzene rings is 1. The number of rotatable bonds is 2. The molecule has 0 saturated carbocycles. The molecule has 0 aliphatic rings. The van der Waals surface area contributed by atoms with Crippen molar-refractivity contribution in [3.63, 3.8) is 0 Å². The van der Waals surface area contributed by atoms with Crippen molar-refractivity contribution < 1.29 is 22.7 Å². The number of phenolic OH excluding ortho intramolecular Hbond substituents is 1. The van der Waals surface area contributed by atoms with E-state index in [0.717, 1.165) is 6.08 Å². The van der Waals surface area contributed by atoms with Gasteiger partial charge in [0.1, 0.15) is 0 Å². The molecule has 0 aliphatic carbocycles. The van der Waals surface area contributed by atoms with Crippen molar-refractivity contribution in [2.45, 2.75) is 12.2 Å². The lowest BCUT2D eigenvalue weighted by Gasteiger charge is -2.17. The van der Waals surface area contributed by atoms with Crippen molar-refractivity contribution in [1.82, 2.24) is 0 Å². The Morgan fingerprint density at radius 1 is 1.38 bits per heavy atom. The lowest BCUT2D eigenvalue weighted by atomic mass is 9.99. The molecular formula is C10H9F4NO. The van der Waals surface area contributed by atoms with Crippen LogP contribution in [-0.4, -0.2) is 5.11 Å². The van der Waals surface area contributed by atoms with Crippen LogP contribution in [0.3, 0.4) is 0 Å². The van der Waals surface area contributed by atoms with Crippen molar-refractivity contribution in [3.05, 3.63) is 41.7 Å². The molecule has 0 spiro atoms. The van der Waals surface area contributed by atoms with Gasteiger partial charge in [-0.2, -0.15) is 13.2 Å².